The minimum absolute atomic E-state index is 0.0334. The molecule has 2 N–H and O–H groups in total. The SMILES string of the molecule is CC1(C)CCC(CN2CCN(c3ccc(C(=O)CS(=O)(=O)c4ccc(NCCC5CN(S(C)(=O)=O)CCO5)c([N+](=O)[O-])c4)c(Oc4cnc5[nH]ccc5c4)c3)CC2)=C(c2ccc(C(F)(F)F)cc2Cl)C1. The molecular weight excluding hydrogens is 975 g/mol. The summed E-state index contributed by atoms with van der Waals surface area (Å²) in [6.07, 6.45) is 2.04. The highest BCUT2D eigenvalue weighted by atomic mass is 35.5. The van der Waals surface area contributed by atoms with E-state index in [-0.39, 0.29) is 53.7 Å². The topological polar surface area (TPSA) is 197 Å². The maximum atomic E-state index is 14.1. The van der Waals surface area contributed by atoms with Crippen molar-refractivity contribution in [1.29, 1.82) is 0 Å². The first-order valence-electron chi connectivity index (χ1n) is 22.7. The molecule has 3 aromatic carbocycles. The van der Waals surface area contributed by atoms with Gasteiger partial charge < -0.3 is 24.7 Å². The van der Waals surface area contributed by atoms with Crippen molar-refractivity contribution in [3.8, 4) is 11.5 Å². The second-order valence-electron chi connectivity index (χ2n) is 18.7. The van der Waals surface area contributed by atoms with Crippen molar-refractivity contribution in [2.24, 2.45) is 5.41 Å². The predicted octanol–water partition coefficient (Wildman–Crippen LogP) is 8.84. The number of fused-ring (bicyclic) bond motifs is 1. The summed E-state index contributed by atoms with van der Waals surface area (Å²) in [5.74, 6) is -1.46. The molecule has 4 heterocycles. The first-order chi connectivity index (χ1) is 33.0. The Morgan fingerprint density at radius 2 is 1.80 bits per heavy atom. The van der Waals surface area contributed by atoms with Gasteiger partial charge in [0.1, 0.15) is 28.6 Å². The average molecular weight is 1030 g/mol. The van der Waals surface area contributed by atoms with Crippen molar-refractivity contribution >= 4 is 70.9 Å². The zero-order valence-electron chi connectivity index (χ0n) is 38.7. The number of nitro groups is 1. The van der Waals surface area contributed by atoms with E-state index in [0.717, 1.165) is 53.8 Å². The molecule has 0 saturated carbocycles. The number of nitrogens with one attached hydrogen (secondary N) is 2. The molecule has 0 amide bonds. The van der Waals surface area contributed by atoms with Crippen LogP contribution in [0.1, 0.15) is 61.0 Å². The Labute approximate surface area is 408 Å². The Bertz CT molecular complexity index is 3070. The molecule has 70 heavy (non-hydrogen) atoms. The summed E-state index contributed by atoms with van der Waals surface area (Å²) in [6, 6.07) is 15.3. The molecule has 2 fully saturated rings. The van der Waals surface area contributed by atoms with Crippen LogP contribution in [0.15, 0.2) is 89.6 Å². The van der Waals surface area contributed by atoms with Gasteiger partial charge in [-0.25, -0.2) is 21.8 Å². The van der Waals surface area contributed by atoms with Gasteiger partial charge in [-0.1, -0.05) is 37.1 Å². The molecule has 5 aromatic rings. The summed E-state index contributed by atoms with van der Waals surface area (Å²) in [6.45, 7) is 8.08. The van der Waals surface area contributed by atoms with Gasteiger partial charge in [0.25, 0.3) is 5.69 Å². The van der Waals surface area contributed by atoms with Gasteiger partial charge in [-0.15, -0.1) is 0 Å². The lowest BCUT2D eigenvalue weighted by molar-refractivity contribution is -0.384. The molecule has 0 bridgehead atoms. The number of ether oxygens (including phenoxy) is 2. The van der Waals surface area contributed by atoms with Crippen LogP contribution in [-0.4, -0.2) is 124 Å². The standard InChI is InChI=1S/C48H53ClF3N7O9S2/c1-47(2)13-10-32(40(26-47)38-7-4-33(23-41(38)49)48(50,51)52)28-56-16-18-57(19-17-56)34-5-8-39(45(24-34)68-36-22-31-11-14-54-46(31)55-27-36)44(60)30-70(65,66)37-6-9-42(43(25-37)59(61)62)53-15-12-35-29-58(20-21-67-35)69(3,63)64/h4-9,11,14,22-25,27,35,53H,10,12-13,15-21,26,28-30H2,1-3H3,(H,54,55). The number of sulfonamides is 1. The summed E-state index contributed by atoms with van der Waals surface area (Å²) in [4.78, 5) is 36.9. The number of rotatable bonds is 16. The van der Waals surface area contributed by atoms with Gasteiger partial charge in [-0.3, -0.25) is 19.8 Å². The highest BCUT2D eigenvalue weighted by Gasteiger charge is 2.34. The third-order valence-corrected chi connectivity index (χ3v) is 16.2. The van der Waals surface area contributed by atoms with Crippen LogP contribution in [0.4, 0.5) is 30.2 Å². The Morgan fingerprint density at radius 1 is 1.03 bits per heavy atom. The molecule has 2 aromatic heterocycles. The van der Waals surface area contributed by atoms with Crippen LogP contribution in [0.3, 0.4) is 0 Å². The number of carbonyl (C=O) groups is 1. The van der Waals surface area contributed by atoms with Crippen LogP contribution in [0.2, 0.25) is 5.02 Å². The molecule has 1 atom stereocenters. The summed E-state index contributed by atoms with van der Waals surface area (Å²) >= 11 is 6.54. The Hall–Kier alpha value is -5.58. The molecule has 2 aliphatic heterocycles. The van der Waals surface area contributed by atoms with E-state index in [1.54, 1.807) is 30.5 Å². The van der Waals surface area contributed by atoms with E-state index in [1.807, 2.05) is 0 Å². The number of pyridine rings is 1. The van der Waals surface area contributed by atoms with Crippen LogP contribution < -0.4 is 15.0 Å². The van der Waals surface area contributed by atoms with E-state index in [0.29, 0.717) is 68.2 Å². The van der Waals surface area contributed by atoms with Gasteiger partial charge in [0.05, 0.1) is 46.1 Å². The summed E-state index contributed by atoms with van der Waals surface area (Å²) in [7, 11) is -7.87. The number of carbonyl (C=O) groups excluding carboxylic acids is 1. The minimum Gasteiger partial charge on any atom is -0.455 e. The van der Waals surface area contributed by atoms with Gasteiger partial charge in [-0.05, 0) is 90.8 Å². The van der Waals surface area contributed by atoms with Gasteiger partial charge in [0.2, 0.25) is 10.0 Å². The highest BCUT2D eigenvalue weighted by Crippen LogP contribution is 2.46. The number of sulfone groups is 1. The number of ketones is 1. The number of halogens is 4. The van der Waals surface area contributed by atoms with E-state index in [2.05, 4.69) is 38.9 Å². The molecule has 3 aliphatic rings. The van der Waals surface area contributed by atoms with E-state index >= 15 is 0 Å². The number of Topliss-reactive ketones (excluding diaryl/α,β-unsaturated/α-hetero) is 1. The molecule has 1 unspecified atom stereocenters. The third-order valence-electron chi connectivity index (χ3n) is 13.0. The normalized spacial score (nSPS) is 18.6. The molecule has 0 radical (unpaired) electrons. The lowest BCUT2D eigenvalue weighted by Gasteiger charge is -2.39. The maximum absolute atomic E-state index is 14.1. The van der Waals surface area contributed by atoms with Crippen molar-refractivity contribution in [2.75, 3.05) is 81.2 Å². The van der Waals surface area contributed by atoms with Gasteiger partial charge >= 0.3 is 6.18 Å². The predicted molar refractivity (Wildman–Crippen MR) is 261 cm³/mol. The molecule has 0 spiro atoms. The smallest absolute Gasteiger partial charge is 0.416 e. The van der Waals surface area contributed by atoms with Crippen LogP contribution in [0.25, 0.3) is 16.6 Å². The fraction of sp³-hybridized carbons (Fsp3) is 0.417. The molecule has 22 heteroatoms. The number of alkyl halides is 3. The summed E-state index contributed by atoms with van der Waals surface area (Å²) in [5, 5.41) is 15.9. The van der Waals surface area contributed by atoms with Crippen molar-refractivity contribution in [3.05, 3.63) is 117 Å². The number of benzene rings is 3. The van der Waals surface area contributed by atoms with Crippen molar-refractivity contribution in [2.45, 2.75) is 56.7 Å². The van der Waals surface area contributed by atoms with Crippen molar-refractivity contribution < 1.29 is 49.2 Å². The van der Waals surface area contributed by atoms with Crippen LogP contribution in [0.5, 0.6) is 11.5 Å². The average Bonchev–Trinajstić information content (AvgIpc) is 3.77. The maximum Gasteiger partial charge on any atom is 0.416 e. The highest BCUT2D eigenvalue weighted by molar-refractivity contribution is 7.92. The molecule has 16 nitrogen and oxygen atoms in total. The van der Waals surface area contributed by atoms with Crippen LogP contribution in [-0.2, 0) is 30.8 Å². The number of morpholine rings is 1. The molecule has 374 valence electrons. The van der Waals surface area contributed by atoms with Crippen molar-refractivity contribution in [1.82, 2.24) is 19.2 Å². The zero-order valence-corrected chi connectivity index (χ0v) is 41.1. The van der Waals surface area contributed by atoms with Gasteiger partial charge in [-0.2, -0.15) is 17.5 Å². The van der Waals surface area contributed by atoms with Gasteiger partial charge in [0, 0.05) is 86.8 Å². The number of allylic oxidation sites excluding steroid dienone is 1. The van der Waals surface area contributed by atoms with Crippen LogP contribution >= 0.6 is 11.6 Å². The largest absolute Gasteiger partial charge is 0.455 e. The number of piperazine rings is 1. The number of hydrogen-bond acceptors (Lipinski definition) is 13. The summed E-state index contributed by atoms with van der Waals surface area (Å²) in [5.41, 5.74) is 2.68. The number of anilines is 2. The third kappa shape index (κ3) is 11.9. The molecule has 8 rings (SSSR count). The number of aromatic nitrogens is 2. The van der Waals surface area contributed by atoms with E-state index in [9.17, 15) is 44.9 Å². The van der Waals surface area contributed by atoms with E-state index in [1.165, 1.54) is 34.8 Å². The first kappa shape index (κ1) is 50.8. The lowest BCUT2D eigenvalue weighted by Crippen LogP contribution is -2.47. The monoisotopic (exact) mass is 1030 g/mol. The Balaban J connectivity index is 0.982. The number of nitro benzene ring substituents is 1. The lowest BCUT2D eigenvalue weighted by atomic mass is 9.72. The number of H-pyrrole nitrogens is 1. The second kappa shape index (κ2) is 20.3. The number of aromatic amines is 1. The van der Waals surface area contributed by atoms with E-state index in [4.69, 9.17) is 21.1 Å². The van der Waals surface area contributed by atoms with E-state index < -0.39 is 64.7 Å². The minimum atomic E-state index is -4.51. The van der Waals surface area contributed by atoms with Gasteiger partial charge in [0.15, 0.2) is 15.6 Å². The fourth-order valence-electron chi connectivity index (χ4n) is 9.16. The quantitative estimate of drug-likeness (QED) is 0.0541. The Kier molecular flexibility index (Phi) is 14.7. The first-order valence-corrected chi connectivity index (χ1v) is 26.6. The zero-order chi connectivity index (χ0) is 50.2. The van der Waals surface area contributed by atoms with Crippen LogP contribution in [0, 0.1) is 15.5 Å². The number of nitrogens with zero attached hydrogens (tertiary/aromatic N) is 5. The molecule has 1 aliphatic carbocycles. The molecular formula is C48H53ClF3N7O9S2. The fourth-order valence-corrected chi connectivity index (χ4v) is 11.5. The second-order valence-corrected chi connectivity index (χ2v) is 23.1. The summed E-state index contributed by atoms with van der Waals surface area (Å²) < 4.78 is 106. The number of hydrogen-bond donors (Lipinski definition) is 2. The van der Waals surface area contributed by atoms with Crippen molar-refractivity contribution in [3.63, 3.8) is 0 Å². The Morgan fingerprint density at radius 3 is 2.51 bits per heavy atom. The molecule has 2 saturated heterocycles.